The number of hydrogen-bond acceptors (Lipinski definition) is 4. The molecule has 17 heavy (non-hydrogen) atoms. The number of ether oxygens (including phenoxy) is 1. The van der Waals surface area contributed by atoms with Crippen molar-refractivity contribution in [3.63, 3.8) is 0 Å². The summed E-state index contributed by atoms with van der Waals surface area (Å²) in [5.41, 5.74) is 8.21. The van der Waals surface area contributed by atoms with Crippen LogP contribution in [0.15, 0.2) is 29.4 Å². The molecule has 0 aliphatic rings. The Hall–Kier alpha value is -2.15. The molecule has 0 amide bonds. The predicted octanol–water partition coefficient (Wildman–Crippen LogP) is 0.317. The molecule has 0 saturated heterocycles. The first-order valence-electron chi connectivity index (χ1n) is 4.61. The lowest BCUT2D eigenvalue weighted by atomic mass is 10.2. The maximum absolute atomic E-state index is 10.4. The van der Waals surface area contributed by atoms with Gasteiger partial charge in [0.1, 0.15) is 5.75 Å². The molecule has 0 bridgehead atoms. The summed E-state index contributed by atoms with van der Waals surface area (Å²) in [6.45, 7) is -0.409. The molecule has 7 heteroatoms. The number of carbonyl (C=O) groups is 1. The van der Waals surface area contributed by atoms with Crippen molar-refractivity contribution in [2.75, 3.05) is 6.61 Å². The highest BCUT2D eigenvalue weighted by Crippen LogP contribution is 2.15. The van der Waals surface area contributed by atoms with E-state index in [2.05, 4.69) is 22.7 Å². The Balaban J connectivity index is 2.73. The van der Waals surface area contributed by atoms with Crippen LogP contribution in [0, 0.1) is 0 Å². The normalized spacial score (nSPS) is 10.1. The molecule has 0 aromatic heterocycles. The average Bonchev–Trinajstić information content (AvgIpc) is 2.27. The average molecular weight is 253 g/mol. The molecule has 1 aromatic rings. The third-order valence-corrected chi connectivity index (χ3v) is 1.74. The predicted molar refractivity (Wildman–Crippen MR) is 67.1 cm³/mol. The van der Waals surface area contributed by atoms with Crippen molar-refractivity contribution in [1.82, 2.24) is 5.43 Å². The molecule has 0 heterocycles. The summed E-state index contributed by atoms with van der Waals surface area (Å²) >= 11 is 4.57. The number of carboxylic acid groups (broad SMARTS) is 1. The first-order valence-corrected chi connectivity index (χ1v) is 5.02. The number of thiocarbonyl (C=S) groups is 1. The first kappa shape index (κ1) is 12.9. The summed E-state index contributed by atoms with van der Waals surface area (Å²) in [6, 6.07) is 6.87. The molecular weight excluding hydrogens is 242 g/mol. The van der Waals surface area contributed by atoms with E-state index in [9.17, 15) is 4.79 Å². The largest absolute Gasteiger partial charge is 0.481 e. The van der Waals surface area contributed by atoms with Crippen LogP contribution in [0.3, 0.4) is 0 Å². The topological polar surface area (TPSA) is 96.9 Å². The van der Waals surface area contributed by atoms with Gasteiger partial charge in [0.15, 0.2) is 11.7 Å². The van der Waals surface area contributed by atoms with Gasteiger partial charge in [-0.05, 0) is 24.4 Å². The van der Waals surface area contributed by atoms with Gasteiger partial charge in [0.05, 0.1) is 6.21 Å². The van der Waals surface area contributed by atoms with Crippen LogP contribution in [0.4, 0.5) is 0 Å². The maximum Gasteiger partial charge on any atom is 0.341 e. The minimum atomic E-state index is -1.04. The van der Waals surface area contributed by atoms with Gasteiger partial charge in [0, 0.05) is 5.56 Å². The van der Waals surface area contributed by atoms with Gasteiger partial charge in [-0.25, -0.2) is 4.79 Å². The number of aliphatic carboxylic acids is 1. The summed E-state index contributed by atoms with van der Waals surface area (Å²) < 4.78 is 5.07. The zero-order valence-corrected chi connectivity index (χ0v) is 9.61. The monoisotopic (exact) mass is 253 g/mol. The number of benzene rings is 1. The fraction of sp³-hybridized carbons (Fsp3) is 0.100. The Kier molecular flexibility index (Phi) is 4.89. The number of nitrogens with one attached hydrogen (secondary N) is 1. The van der Waals surface area contributed by atoms with Gasteiger partial charge in [0.2, 0.25) is 0 Å². The molecule has 0 fully saturated rings. The number of hydrazone groups is 1. The highest BCUT2D eigenvalue weighted by molar-refractivity contribution is 7.80. The summed E-state index contributed by atoms with van der Waals surface area (Å²) in [5, 5.41) is 12.3. The Morgan fingerprint density at radius 1 is 1.59 bits per heavy atom. The molecular formula is C10H11N3O3S. The van der Waals surface area contributed by atoms with Crippen LogP contribution in [0.25, 0.3) is 0 Å². The number of hydrogen-bond donors (Lipinski definition) is 3. The van der Waals surface area contributed by atoms with Crippen LogP contribution >= 0.6 is 12.2 Å². The van der Waals surface area contributed by atoms with E-state index in [1.54, 1.807) is 24.3 Å². The molecule has 0 spiro atoms. The number of para-hydroxylation sites is 1. The van der Waals surface area contributed by atoms with Gasteiger partial charge in [0.25, 0.3) is 0 Å². The van der Waals surface area contributed by atoms with E-state index in [1.807, 2.05) is 0 Å². The van der Waals surface area contributed by atoms with Crippen LogP contribution in [-0.4, -0.2) is 29.0 Å². The van der Waals surface area contributed by atoms with Gasteiger partial charge in [-0.15, -0.1) is 0 Å². The van der Waals surface area contributed by atoms with E-state index < -0.39 is 12.6 Å². The fourth-order valence-corrected chi connectivity index (χ4v) is 1.08. The van der Waals surface area contributed by atoms with Gasteiger partial charge in [-0.3, -0.25) is 5.43 Å². The molecule has 1 aromatic carbocycles. The van der Waals surface area contributed by atoms with Crippen molar-refractivity contribution in [2.45, 2.75) is 0 Å². The number of carboxylic acids is 1. The molecule has 1 rings (SSSR count). The second-order valence-electron chi connectivity index (χ2n) is 2.95. The number of rotatable bonds is 5. The summed E-state index contributed by atoms with van der Waals surface area (Å²) in [5.74, 6) is -0.624. The van der Waals surface area contributed by atoms with Crippen molar-refractivity contribution in [2.24, 2.45) is 10.8 Å². The Bertz CT molecular complexity index is 448. The maximum atomic E-state index is 10.4. The summed E-state index contributed by atoms with van der Waals surface area (Å²) in [7, 11) is 0. The molecule has 4 N–H and O–H groups in total. The molecule has 0 saturated carbocycles. The van der Waals surface area contributed by atoms with Crippen LogP contribution in [0.1, 0.15) is 5.56 Å². The Morgan fingerprint density at radius 3 is 2.94 bits per heavy atom. The van der Waals surface area contributed by atoms with Crippen molar-refractivity contribution >= 4 is 29.5 Å². The van der Waals surface area contributed by atoms with Gasteiger partial charge >= 0.3 is 5.97 Å². The second-order valence-corrected chi connectivity index (χ2v) is 3.39. The second kappa shape index (κ2) is 6.44. The van der Waals surface area contributed by atoms with Crippen molar-refractivity contribution < 1.29 is 14.6 Å². The van der Waals surface area contributed by atoms with Crippen molar-refractivity contribution in [3.8, 4) is 5.75 Å². The standard InChI is InChI=1S/C10H11N3O3S/c11-10(17)13-12-5-7-3-1-2-4-8(7)16-6-9(14)15/h1-5H,6H2,(H,14,15)(H3,11,13,17). The van der Waals surface area contributed by atoms with E-state index in [-0.39, 0.29) is 5.11 Å². The molecule has 0 aliphatic carbocycles. The zero-order valence-electron chi connectivity index (χ0n) is 8.79. The SMILES string of the molecule is NC(=S)NN=Cc1ccccc1OCC(=O)O. The molecule has 6 nitrogen and oxygen atoms in total. The molecule has 0 unspecified atom stereocenters. The third-order valence-electron chi connectivity index (χ3n) is 1.65. The van der Waals surface area contributed by atoms with Crippen molar-refractivity contribution in [3.05, 3.63) is 29.8 Å². The lowest BCUT2D eigenvalue weighted by Gasteiger charge is -2.05. The summed E-state index contributed by atoms with van der Waals surface area (Å²) in [6.07, 6.45) is 1.44. The van der Waals surface area contributed by atoms with Crippen molar-refractivity contribution in [1.29, 1.82) is 0 Å². The molecule has 0 aliphatic heterocycles. The highest BCUT2D eigenvalue weighted by Gasteiger charge is 2.03. The van der Waals surface area contributed by atoms with E-state index in [0.29, 0.717) is 11.3 Å². The third kappa shape index (κ3) is 4.94. The lowest BCUT2D eigenvalue weighted by Crippen LogP contribution is -2.24. The van der Waals surface area contributed by atoms with E-state index in [4.69, 9.17) is 15.6 Å². The van der Waals surface area contributed by atoms with Gasteiger partial charge in [-0.2, -0.15) is 5.10 Å². The highest BCUT2D eigenvalue weighted by atomic mass is 32.1. The van der Waals surface area contributed by atoms with Crippen LogP contribution in [0.2, 0.25) is 0 Å². The first-order chi connectivity index (χ1) is 8.09. The lowest BCUT2D eigenvalue weighted by molar-refractivity contribution is -0.139. The molecule has 90 valence electrons. The van der Waals surface area contributed by atoms with Gasteiger partial charge < -0.3 is 15.6 Å². The minimum Gasteiger partial charge on any atom is -0.481 e. The Morgan fingerprint density at radius 2 is 2.29 bits per heavy atom. The number of nitrogens with zero attached hydrogens (tertiary/aromatic N) is 1. The molecule has 0 atom stereocenters. The Labute approximate surface area is 103 Å². The van der Waals surface area contributed by atoms with E-state index in [1.165, 1.54) is 6.21 Å². The van der Waals surface area contributed by atoms with Crippen LogP contribution in [-0.2, 0) is 4.79 Å². The van der Waals surface area contributed by atoms with E-state index >= 15 is 0 Å². The minimum absolute atomic E-state index is 0.0465. The van der Waals surface area contributed by atoms with E-state index in [0.717, 1.165) is 0 Å². The number of nitrogens with two attached hydrogens (primary N) is 1. The van der Waals surface area contributed by atoms with Gasteiger partial charge in [-0.1, -0.05) is 12.1 Å². The van der Waals surface area contributed by atoms with Crippen LogP contribution < -0.4 is 15.9 Å². The fourth-order valence-electron chi connectivity index (χ4n) is 1.02. The van der Waals surface area contributed by atoms with Crippen LogP contribution in [0.5, 0.6) is 5.75 Å². The zero-order chi connectivity index (χ0) is 12.7. The quantitative estimate of drug-likeness (QED) is 0.397. The summed E-state index contributed by atoms with van der Waals surface area (Å²) in [4.78, 5) is 10.4. The smallest absolute Gasteiger partial charge is 0.341 e. The molecule has 0 radical (unpaired) electrons.